The highest BCUT2D eigenvalue weighted by molar-refractivity contribution is 4.91. The van der Waals surface area contributed by atoms with E-state index < -0.39 is 0 Å². The Morgan fingerprint density at radius 3 is 3.00 bits per heavy atom. The van der Waals surface area contributed by atoms with Gasteiger partial charge in [0.25, 0.3) is 0 Å². The van der Waals surface area contributed by atoms with Crippen LogP contribution in [0.4, 0.5) is 0 Å². The van der Waals surface area contributed by atoms with Crippen LogP contribution in [-0.2, 0) is 0 Å². The molecule has 3 nitrogen and oxygen atoms in total. The zero-order valence-corrected chi connectivity index (χ0v) is 7.53. The number of rotatable bonds is 3. The van der Waals surface area contributed by atoms with Gasteiger partial charge in [-0.3, -0.25) is 4.99 Å². The maximum absolute atomic E-state index is 5.07. The predicted molar refractivity (Wildman–Crippen MR) is 47.7 cm³/mol. The Bertz CT molecular complexity index is 291. The van der Waals surface area contributed by atoms with Crippen molar-refractivity contribution in [3.63, 3.8) is 0 Å². The fourth-order valence-corrected chi connectivity index (χ4v) is 0.922. The van der Waals surface area contributed by atoms with E-state index in [-0.39, 0.29) is 0 Å². The summed E-state index contributed by atoms with van der Waals surface area (Å²) in [6.07, 6.45) is 2.90. The first-order valence-electron chi connectivity index (χ1n) is 4.11. The molecule has 0 atom stereocenters. The van der Waals surface area contributed by atoms with E-state index in [1.54, 1.807) is 11.8 Å². The molecule has 0 saturated carbocycles. The van der Waals surface area contributed by atoms with Crippen LogP contribution in [0, 0.1) is 0 Å². The highest BCUT2D eigenvalue weighted by atomic mass is 16.6. The quantitative estimate of drug-likeness (QED) is 0.654. The van der Waals surface area contributed by atoms with Gasteiger partial charge in [-0.25, -0.2) is 0 Å². The largest absolute Gasteiger partial charge is 0.416 e. The molecule has 0 aliphatic heterocycles. The molecule has 0 amide bonds. The van der Waals surface area contributed by atoms with E-state index in [4.69, 9.17) is 4.84 Å². The first-order chi connectivity index (χ1) is 5.88. The summed E-state index contributed by atoms with van der Waals surface area (Å²) in [4.78, 5) is 9.40. The molecule has 0 aliphatic rings. The number of pyridine rings is 1. The summed E-state index contributed by atoms with van der Waals surface area (Å²) in [5.74, 6) is 0. The van der Waals surface area contributed by atoms with E-state index in [0.29, 0.717) is 0 Å². The summed E-state index contributed by atoms with van der Waals surface area (Å²) in [5, 5.41) is 0. The molecule has 0 saturated heterocycles. The van der Waals surface area contributed by atoms with Crippen molar-refractivity contribution in [1.82, 2.24) is 4.73 Å². The van der Waals surface area contributed by atoms with Crippen molar-refractivity contribution in [2.45, 2.75) is 13.3 Å². The maximum Gasteiger partial charge on any atom is 0.163 e. The lowest BCUT2D eigenvalue weighted by atomic mass is 10.5. The lowest BCUT2D eigenvalue weighted by Gasteiger charge is -2.03. The van der Waals surface area contributed by atoms with Crippen molar-refractivity contribution in [3.8, 4) is 0 Å². The van der Waals surface area contributed by atoms with E-state index >= 15 is 0 Å². The van der Waals surface area contributed by atoms with Gasteiger partial charge in [0.15, 0.2) is 5.49 Å². The monoisotopic (exact) mass is 166 g/mol. The third kappa shape index (κ3) is 2.12. The Balaban J connectivity index is 2.96. The van der Waals surface area contributed by atoms with Crippen molar-refractivity contribution in [3.05, 3.63) is 29.9 Å². The topological polar surface area (TPSA) is 26.5 Å². The Hall–Kier alpha value is -1.25. The predicted octanol–water partition coefficient (Wildman–Crippen LogP) is 0.857. The average Bonchev–Trinajstić information content (AvgIpc) is 2.15. The van der Waals surface area contributed by atoms with Gasteiger partial charge < -0.3 is 4.84 Å². The summed E-state index contributed by atoms with van der Waals surface area (Å²) in [6, 6.07) is 5.79. The Kier molecular flexibility index (Phi) is 3.38. The molecule has 12 heavy (non-hydrogen) atoms. The molecule has 0 aromatic carbocycles. The van der Waals surface area contributed by atoms with E-state index in [2.05, 4.69) is 11.9 Å². The smallest absolute Gasteiger partial charge is 0.163 e. The van der Waals surface area contributed by atoms with Crippen LogP contribution < -0.4 is 10.3 Å². The first kappa shape index (κ1) is 8.84. The van der Waals surface area contributed by atoms with Gasteiger partial charge in [-0.05, 0) is 18.6 Å². The van der Waals surface area contributed by atoms with Crippen LogP contribution in [0.3, 0.4) is 0 Å². The highest BCUT2D eigenvalue weighted by Crippen LogP contribution is 1.79. The van der Waals surface area contributed by atoms with Crippen LogP contribution >= 0.6 is 0 Å². The standard InChI is InChI=1S/C9H14N2O/c1-3-7-10-9-6-4-5-8-11(9)12-2/h4-6,8H,3,7H2,1-2H3. The lowest BCUT2D eigenvalue weighted by molar-refractivity contribution is 0.154. The second kappa shape index (κ2) is 4.59. The van der Waals surface area contributed by atoms with Crippen LogP contribution in [0.5, 0.6) is 0 Å². The molecule has 0 radical (unpaired) electrons. The Morgan fingerprint density at radius 1 is 1.50 bits per heavy atom. The third-order valence-electron chi connectivity index (χ3n) is 1.50. The molecule has 0 aliphatic carbocycles. The lowest BCUT2D eigenvalue weighted by Crippen LogP contribution is -2.24. The van der Waals surface area contributed by atoms with Crippen molar-refractivity contribution in [2.24, 2.45) is 4.99 Å². The molecule has 1 aromatic heterocycles. The molecule has 0 unspecified atom stereocenters. The highest BCUT2D eigenvalue weighted by Gasteiger charge is 1.86. The van der Waals surface area contributed by atoms with Crippen molar-refractivity contribution in [1.29, 1.82) is 0 Å². The first-order valence-corrected chi connectivity index (χ1v) is 4.11. The molecule has 0 bridgehead atoms. The molecular weight excluding hydrogens is 152 g/mol. The molecule has 1 aromatic rings. The van der Waals surface area contributed by atoms with E-state index in [9.17, 15) is 0 Å². The average molecular weight is 166 g/mol. The summed E-state index contributed by atoms with van der Waals surface area (Å²) in [5.41, 5.74) is 0.863. The Morgan fingerprint density at radius 2 is 2.33 bits per heavy atom. The van der Waals surface area contributed by atoms with Gasteiger partial charge >= 0.3 is 0 Å². The summed E-state index contributed by atoms with van der Waals surface area (Å²) >= 11 is 0. The molecule has 0 N–H and O–H groups in total. The van der Waals surface area contributed by atoms with Crippen molar-refractivity contribution >= 4 is 0 Å². The zero-order chi connectivity index (χ0) is 8.81. The minimum absolute atomic E-state index is 0.841. The second-order valence-corrected chi connectivity index (χ2v) is 2.45. The SMILES string of the molecule is CCCN=c1ccccn1OC. The van der Waals surface area contributed by atoms with Crippen LogP contribution in [0.25, 0.3) is 0 Å². The van der Waals surface area contributed by atoms with E-state index in [0.717, 1.165) is 18.5 Å². The van der Waals surface area contributed by atoms with Crippen molar-refractivity contribution in [2.75, 3.05) is 13.7 Å². The fourth-order valence-electron chi connectivity index (χ4n) is 0.922. The maximum atomic E-state index is 5.07. The van der Waals surface area contributed by atoms with Gasteiger partial charge in [-0.1, -0.05) is 13.0 Å². The zero-order valence-electron chi connectivity index (χ0n) is 7.53. The molecule has 66 valence electrons. The van der Waals surface area contributed by atoms with Crippen LogP contribution in [0.2, 0.25) is 0 Å². The normalized spacial score (nSPS) is 11.7. The summed E-state index contributed by atoms with van der Waals surface area (Å²) in [6.45, 7) is 2.94. The van der Waals surface area contributed by atoms with Crippen molar-refractivity contribution < 1.29 is 4.84 Å². The summed E-state index contributed by atoms with van der Waals surface area (Å²) in [7, 11) is 1.63. The molecule has 1 rings (SSSR count). The molecule has 0 spiro atoms. The molecule has 0 fully saturated rings. The van der Waals surface area contributed by atoms with Gasteiger partial charge in [0.2, 0.25) is 0 Å². The van der Waals surface area contributed by atoms with Gasteiger partial charge in [-0.15, -0.1) is 0 Å². The number of nitrogens with zero attached hydrogens (tertiary/aromatic N) is 2. The fraction of sp³-hybridized carbons (Fsp3) is 0.444. The number of hydrogen-bond acceptors (Lipinski definition) is 2. The van der Waals surface area contributed by atoms with Crippen LogP contribution in [-0.4, -0.2) is 18.4 Å². The van der Waals surface area contributed by atoms with E-state index in [1.165, 1.54) is 0 Å². The molecule has 1 heterocycles. The molecular formula is C9H14N2O. The minimum atomic E-state index is 0.841. The summed E-state index contributed by atoms with van der Waals surface area (Å²) < 4.78 is 1.65. The second-order valence-electron chi connectivity index (χ2n) is 2.45. The Labute approximate surface area is 72.3 Å². The number of hydrogen-bond donors (Lipinski definition) is 0. The minimum Gasteiger partial charge on any atom is -0.416 e. The van der Waals surface area contributed by atoms with Gasteiger partial charge in [0.05, 0.1) is 0 Å². The number of aromatic nitrogens is 1. The van der Waals surface area contributed by atoms with Crippen LogP contribution in [0.15, 0.2) is 29.4 Å². The van der Waals surface area contributed by atoms with Crippen LogP contribution in [0.1, 0.15) is 13.3 Å². The van der Waals surface area contributed by atoms with Gasteiger partial charge in [-0.2, -0.15) is 4.73 Å². The van der Waals surface area contributed by atoms with Gasteiger partial charge in [0.1, 0.15) is 7.11 Å². The molecule has 3 heteroatoms. The third-order valence-corrected chi connectivity index (χ3v) is 1.50. The van der Waals surface area contributed by atoms with Gasteiger partial charge in [0, 0.05) is 12.7 Å². The van der Waals surface area contributed by atoms with E-state index in [1.807, 2.05) is 24.4 Å².